The molecule has 1 aromatic heterocycles. The minimum absolute atomic E-state index is 0.0854. The molecule has 0 saturated carbocycles. The molecule has 2 aromatic rings. The lowest BCUT2D eigenvalue weighted by atomic mass is 10.0. The normalized spacial score (nSPS) is 12.8. The molecule has 7 heteroatoms. The van der Waals surface area contributed by atoms with Crippen molar-refractivity contribution in [3.05, 3.63) is 58.5 Å². The van der Waals surface area contributed by atoms with Crippen LogP contribution in [0.1, 0.15) is 26.4 Å². The van der Waals surface area contributed by atoms with Crippen molar-refractivity contribution < 1.29 is 9.59 Å². The topological polar surface area (TPSA) is 99.2 Å². The summed E-state index contributed by atoms with van der Waals surface area (Å²) in [5.74, 6) is -0.385. The second kappa shape index (κ2) is 6.79. The highest BCUT2D eigenvalue weighted by atomic mass is 32.1. The number of thiophene rings is 1. The Balaban J connectivity index is 1.74. The zero-order valence-electron chi connectivity index (χ0n) is 13.4. The minimum Gasteiger partial charge on any atom is -0.389 e. The predicted molar refractivity (Wildman–Crippen MR) is 97.2 cm³/mol. The molecule has 0 spiro atoms. The Morgan fingerprint density at radius 3 is 2.72 bits per heavy atom. The number of nitrogens with one attached hydrogen (secondary N) is 1. The number of nitrogens with two attached hydrogens (primary N) is 1. The lowest BCUT2D eigenvalue weighted by Gasteiger charge is -2.27. The summed E-state index contributed by atoms with van der Waals surface area (Å²) in [6, 6.07) is 8.87. The second-order valence-corrected chi connectivity index (χ2v) is 6.74. The first kappa shape index (κ1) is 16.7. The fraction of sp³-hybridized carbons (Fsp3) is 0.167. The molecule has 0 bridgehead atoms. The van der Waals surface area contributed by atoms with E-state index in [9.17, 15) is 14.9 Å². The largest absolute Gasteiger partial charge is 0.389 e. The molecule has 0 radical (unpaired) electrons. The van der Waals surface area contributed by atoms with Crippen molar-refractivity contribution in [2.45, 2.75) is 13.0 Å². The molecule has 2 amide bonds. The van der Waals surface area contributed by atoms with Gasteiger partial charge in [0, 0.05) is 22.7 Å². The number of anilines is 2. The van der Waals surface area contributed by atoms with Crippen molar-refractivity contribution in [3.8, 4) is 6.07 Å². The fourth-order valence-electron chi connectivity index (χ4n) is 2.79. The summed E-state index contributed by atoms with van der Waals surface area (Å²) in [6.07, 6.45) is 1.82. The van der Waals surface area contributed by atoms with Gasteiger partial charge in [0.1, 0.15) is 11.1 Å². The van der Waals surface area contributed by atoms with Gasteiger partial charge < -0.3 is 16.0 Å². The Morgan fingerprint density at radius 1 is 1.36 bits per heavy atom. The summed E-state index contributed by atoms with van der Waals surface area (Å²) < 4.78 is 0. The summed E-state index contributed by atoms with van der Waals surface area (Å²) >= 11 is 1.37. The molecule has 0 atom stereocenters. The number of benzene rings is 1. The Bertz CT molecular complexity index is 893. The molecule has 3 N–H and O–H groups in total. The lowest BCUT2D eigenvalue weighted by molar-refractivity contribution is -0.111. The number of nitrogen functional groups attached to an aromatic ring is 1. The van der Waals surface area contributed by atoms with Gasteiger partial charge >= 0.3 is 0 Å². The van der Waals surface area contributed by atoms with Crippen LogP contribution in [0.2, 0.25) is 0 Å². The molecule has 1 aromatic carbocycles. The van der Waals surface area contributed by atoms with Crippen LogP contribution in [-0.2, 0) is 17.8 Å². The van der Waals surface area contributed by atoms with Crippen molar-refractivity contribution in [2.24, 2.45) is 0 Å². The standard InChI is InChI=1S/C18H16N4O2S/c1-2-16(23)21-12-5-3-11(4-6-12)18(24)22-8-7-13-14(9-19)17(20)25-15(13)10-22/h2-6H,1,7-8,10,20H2,(H,21,23). The highest BCUT2D eigenvalue weighted by molar-refractivity contribution is 7.16. The van der Waals surface area contributed by atoms with Gasteiger partial charge in [-0.05, 0) is 42.3 Å². The van der Waals surface area contributed by atoms with Crippen LogP contribution in [0.5, 0.6) is 0 Å². The maximum absolute atomic E-state index is 12.7. The number of carbonyl (C=O) groups is 2. The van der Waals surface area contributed by atoms with Gasteiger partial charge in [-0.3, -0.25) is 9.59 Å². The van der Waals surface area contributed by atoms with Crippen molar-refractivity contribution in [2.75, 3.05) is 17.6 Å². The Labute approximate surface area is 149 Å². The third-order valence-corrected chi connectivity index (χ3v) is 5.11. The molecule has 0 saturated heterocycles. The van der Waals surface area contributed by atoms with Gasteiger partial charge in [-0.15, -0.1) is 11.3 Å². The summed E-state index contributed by atoms with van der Waals surface area (Å²) in [7, 11) is 0. The quantitative estimate of drug-likeness (QED) is 0.829. The third-order valence-electron chi connectivity index (χ3n) is 4.07. The summed E-state index contributed by atoms with van der Waals surface area (Å²) in [4.78, 5) is 26.7. The summed E-state index contributed by atoms with van der Waals surface area (Å²) in [6.45, 7) is 4.40. The Kier molecular flexibility index (Phi) is 4.55. The molecule has 0 aliphatic carbocycles. The number of fused-ring (bicyclic) bond motifs is 1. The first-order chi connectivity index (χ1) is 12.0. The van der Waals surface area contributed by atoms with Gasteiger partial charge in [-0.2, -0.15) is 5.26 Å². The molecule has 1 aliphatic rings. The van der Waals surface area contributed by atoms with Gasteiger partial charge in [-0.25, -0.2) is 0 Å². The minimum atomic E-state index is -0.300. The van der Waals surface area contributed by atoms with E-state index in [2.05, 4.69) is 18.0 Å². The molecule has 0 fully saturated rings. The van der Waals surface area contributed by atoms with Crippen molar-refractivity contribution in [3.63, 3.8) is 0 Å². The number of amides is 2. The van der Waals surface area contributed by atoms with E-state index in [-0.39, 0.29) is 11.8 Å². The van der Waals surface area contributed by atoms with Gasteiger partial charge in [0.05, 0.1) is 12.1 Å². The molecule has 126 valence electrons. The SMILES string of the molecule is C=CC(=O)Nc1ccc(C(=O)N2CCc3c(sc(N)c3C#N)C2)cc1. The average Bonchev–Trinajstić information content (AvgIpc) is 2.95. The van der Waals surface area contributed by atoms with Crippen LogP contribution in [0.15, 0.2) is 36.9 Å². The van der Waals surface area contributed by atoms with Crippen molar-refractivity contribution in [1.82, 2.24) is 4.90 Å². The van der Waals surface area contributed by atoms with E-state index in [0.717, 1.165) is 10.4 Å². The molecular weight excluding hydrogens is 336 g/mol. The van der Waals surface area contributed by atoms with E-state index in [1.54, 1.807) is 29.2 Å². The molecule has 2 heterocycles. The van der Waals surface area contributed by atoms with Crippen LogP contribution in [-0.4, -0.2) is 23.3 Å². The fourth-order valence-corrected chi connectivity index (χ4v) is 3.88. The van der Waals surface area contributed by atoms with Crippen molar-refractivity contribution >= 4 is 33.8 Å². The molecule has 25 heavy (non-hydrogen) atoms. The smallest absolute Gasteiger partial charge is 0.254 e. The number of hydrogen-bond acceptors (Lipinski definition) is 5. The molecule has 6 nitrogen and oxygen atoms in total. The average molecular weight is 352 g/mol. The van der Waals surface area contributed by atoms with E-state index < -0.39 is 0 Å². The van der Waals surface area contributed by atoms with Crippen LogP contribution >= 0.6 is 11.3 Å². The summed E-state index contributed by atoms with van der Waals surface area (Å²) in [5, 5.41) is 12.3. The highest BCUT2D eigenvalue weighted by Gasteiger charge is 2.26. The maximum Gasteiger partial charge on any atom is 0.254 e. The monoisotopic (exact) mass is 352 g/mol. The first-order valence-corrected chi connectivity index (χ1v) is 8.48. The number of rotatable bonds is 3. The van der Waals surface area contributed by atoms with E-state index in [4.69, 9.17) is 5.73 Å². The molecule has 1 aliphatic heterocycles. The van der Waals surface area contributed by atoms with Crippen molar-refractivity contribution in [1.29, 1.82) is 5.26 Å². The van der Waals surface area contributed by atoms with E-state index >= 15 is 0 Å². The van der Waals surface area contributed by atoms with Gasteiger partial charge in [0.15, 0.2) is 0 Å². The Morgan fingerprint density at radius 2 is 2.08 bits per heavy atom. The van der Waals surface area contributed by atoms with E-state index in [1.807, 2.05) is 0 Å². The predicted octanol–water partition coefficient (Wildman–Crippen LogP) is 2.52. The van der Waals surface area contributed by atoms with Crippen LogP contribution in [0.4, 0.5) is 10.7 Å². The van der Waals surface area contributed by atoms with Crippen LogP contribution < -0.4 is 11.1 Å². The van der Waals surface area contributed by atoms with E-state index in [1.165, 1.54) is 17.4 Å². The van der Waals surface area contributed by atoms with Gasteiger partial charge in [0.25, 0.3) is 5.91 Å². The highest BCUT2D eigenvalue weighted by Crippen LogP contribution is 2.34. The zero-order valence-corrected chi connectivity index (χ0v) is 14.2. The van der Waals surface area contributed by atoms with Crippen LogP contribution in [0.3, 0.4) is 0 Å². The molecule has 3 rings (SSSR count). The van der Waals surface area contributed by atoms with Gasteiger partial charge in [-0.1, -0.05) is 6.58 Å². The Hall–Kier alpha value is -3.11. The molecule has 0 unspecified atom stereocenters. The zero-order chi connectivity index (χ0) is 18.0. The van der Waals surface area contributed by atoms with Gasteiger partial charge in [0.2, 0.25) is 5.91 Å². The number of carbonyl (C=O) groups excluding carboxylic acids is 2. The third kappa shape index (κ3) is 3.25. The van der Waals surface area contributed by atoms with E-state index in [0.29, 0.717) is 41.3 Å². The first-order valence-electron chi connectivity index (χ1n) is 7.66. The maximum atomic E-state index is 12.7. The second-order valence-electron chi connectivity index (χ2n) is 5.60. The number of nitrogens with zero attached hydrogens (tertiary/aromatic N) is 2. The summed E-state index contributed by atoms with van der Waals surface area (Å²) in [5.41, 5.74) is 8.55. The molecular formula is C18H16N4O2S. The lowest BCUT2D eigenvalue weighted by Crippen LogP contribution is -2.35. The number of hydrogen-bond donors (Lipinski definition) is 2. The van der Waals surface area contributed by atoms with Crippen LogP contribution in [0, 0.1) is 11.3 Å². The van der Waals surface area contributed by atoms with Crippen LogP contribution in [0.25, 0.3) is 0 Å². The number of nitriles is 1.